The molecule has 16 heavy (non-hydrogen) atoms. The number of nitrogens with zero attached hydrogens (tertiary/aromatic N) is 1. The lowest BCUT2D eigenvalue weighted by molar-refractivity contribution is -0.128. The third kappa shape index (κ3) is 2.35. The van der Waals surface area contributed by atoms with Gasteiger partial charge in [-0.15, -0.1) is 0 Å². The van der Waals surface area contributed by atoms with Gasteiger partial charge in [-0.25, -0.2) is 4.79 Å². The number of hydrogen-bond acceptors (Lipinski definition) is 3. The van der Waals surface area contributed by atoms with Gasteiger partial charge in [0.2, 0.25) is 0 Å². The first kappa shape index (κ1) is 13.0. The third-order valence-corrected chi connectivity index (χ3v) is 2.89. The third-order valence-electron chi connectivity index (χ3n) is 2.89. The molecule has 0 bridgehead atoms. The van der Waals surface area contributed by atoms with Crippen LogP contribution in [0.4, 0.5) is 4.79 Å². The molecule has 1 aliphatic heterocycles. The van der Waals surface area contributed by atoms with E-state index in [9.17, 15) is 14.7 Å². The fourth-order valence-electron chi connectivity index (χ4n) is 2.26. The first-order valence-electron chi connectivity index (χ1n) is 5.41. The van der Waals surface area contributed by atoms with E-state index in [1.54, 1.807) is 20.8 Å². The quantitative estimate of drug-likeness (QED) is 0.729. The van der Waals surface area contributed by atoms with Gasteiger partial charge >= 0.3 is 6.09 Å². The average molecular weight is 229 g/mol. The average Bonchev–Trinajstić information content (AvgIpc) is 2.16. The normalized spacial score (nSPS) is 20.2. The van der Waals surface area contributed by atoms with Gasteiger partial charge in [-0.1, -0.05) is 0 Å². The van der Waals surface area contributed by atoms with E-state index in [0.717, 1.165) is 6.29 Å². The van der Waals surface area contributed by atoms with Gasteiger partial charge in [0.05, 0.1) is 0 Å². The second kappa shape index (κ2) is 4.41. The molecule has 0 aromatic rings. The van der Waals surface area contributed by atoms with E-state index in [1.165, 1.54) is 4.90 Å². The smallest absolute Gasteiger partial charge is 0.408 e. The highest BCUT2D eigenvalue weighted by molar-refractivity contribution is 5.76. The largest absolute Gasteiger partial charge is 0.465 e. The molecule has 0 atom stereocenters. The van der Waals surface area contributed by atoms with E-state index in [-0.39, 0.29) is 0 Å². The summed E-state index contributed by atoms with van der Waals surface area (Å²) in [6.45, 7) is 6.24. The molecule has 1 rings (SSSR count). The minimum Gasteiger partial charge on any atom is -0.465 e. The summed E-state index contributed by atoms with van der Waals surface area (Å²) in [6, 6.07) is 0. The Bertz CT molecular complexity index is 276. The fraction of sp³-hybridized carbons (Fsp3) is 0.818. The summed E-state index contributed by atoms with van der Waals surface area (Å²) < 4.78 is 5.19. The zero-order chi connectivity index (χ0) is 12.4. The Morgan fingerprint density at radius 3 is 2.19 bits per heavy atom. The van der Waals surface area contributed by atoms with Gasteiger partial charge in [-0.2, -0.15) is 0 Å². The predicted molar refractivity (Wildman–Crippen MR) is 58.5 cm³/mol. The van der Waals surface area contributed by atoms with Crippen molar-refractivity contribution in [3.05, 3.63) is 0 Å². The highest BCUT2D eigenvalue weighted by atomic mass is 16.5. The minimum absolute atomic E-state index is 0.429. The van der Waals surface area contributed by atoms with E-state index in [2.05, 4.69) is 0 Å². The molecule has 1 aliphatic rings. The number of carbonyl (C=O) groups excluding carboxylic acids is 1. The van der Waals surface area contributed by atoms with Crippen molar-refractivity contribution in [2.45, 2.75) is 44.7 Å². The van der Waals surface area contributed by atoms with Crippen molar-refractivity contribution >= 4 is 12.4 Å². The number of aldehydes is 1. The molecule has 0 unspecified atom stereocenters. The van der Waals surface area contributed by atoms with Crippen molar-refractivity contribution in [2.24, 2.45) is 0 Å². The lowest BCUT2D eigenvalue weighted by atomic mass is 9.86. The van der Waals surface area contributed by atoms with Gasteiger partial charge in [0, 0.05) is 31.6 Å². The van der Waals surface area contributed by atoms with Gasteiger partial charge in [-0.05, 0) is 20.8 Å². The molecule has 0 saturated carbocycles. The van der Waals surface area contributed by atoms with Crippen molar-refractivity contribution in [3.63, 3.8) is 0 Å². The Kier molecular flexibility index (Phi) is 3.57. The Morgan fingerprint density at radius 2 is 1.88 bits per heavy atom. The van der Waals surface area contributed by atoms with Crippen LogP contribution in [0.15, 0.2) is 0 Å². The molecule has 0 aromatic carbocycles. The molecule has 0 radical (unpaired) electrons. The number of rotatable bonds is 2. The summed E-state index contributed by atoms with van der Waals surface area (Å²) >= 11 is 0. The molecule has 0 aromatic heterocycles. The van der Waals surface area contributed by atoms with E-state index >= 15 is 0 Å². The highest BCUT2D eigenvalue weighted by Gasteiger charge is 2.46. The summed E-state index contributed by atoms with van der Waals surface area (Å²) in [7, 11) is 0. The summed E-state index contributed by atoms with van der Waals surface area (Å²) in [5.74, 6) is 0. The number of ether oxygens (including phenoxy) is 1. The summed E-state index contributed by atoms with van der Waals surface area (Å²) in [5, 5.41) is 9.28. The number of hydrogen-bond donors (Lipinski definition) is 1. The zero-order valence-electron chi connectivity index (χ0n) is 10.0. The SMILES string of the molecule is CC(C)(C)N(C(=O)O)C1(C=O)CCOCC1. The second-order valence-electron chi connectivity index (χ2n) is 5.12. The standard InChI is InChI=1S/C11H19NO4/c1-10(2,3)12(9(14)15)11(8-13)4-6-16-7-5-11/h8H,4-7H2,1-3H3,(H,14,15). The van der Waals surface area contributed by atoms with Crippen LogP contribution in [0, 0.1) is 0 Å². The van der Waals surface area contributed by atoms with Crippen LogP contribution >= 0.6 is 0 Å². The Morgan fingerprint density at radius 1 is 1.38 bits per heavy atom. The molecule has 1 fully saturated rings. The molecule has 0 aliphatic carbocycles. The molecule has 5 heteroatoms. The van der Waals surface area contributed by atoms with Crippen LogP contribution in [-0.2, 0) is 9.53 Å². The van der Waals surface area contributed by atoms with Crippen molar-refractivity contribution < 1.29 is 19.4 Å². The highest BCUT2D eigenvalue weighted by Crippen LogP contribution is 2.32. The maximum atomic E-state index is 11.3. The first-order valence-corrected chi connectivity index (χ1v) is 5.41. The van der Waals surface area contributed by atoms with E-state index in [1.807, 2.05) is 0 Å². The van der Waals surface area contributed by atoms with Crippen LogP contribution in [0.5, 0.6) is 0 Å². The molecular formula is C11H19NO4. The van der Waals surface area contributed by atoms with Crippen LogP contribution in [0.25, 0.3) is 0 Å². The lowest BCUT2D eigenvalue weighted by Crippen LogP contribution is -2.62. The number of carbonyl (C=O) groups is 2. The van der Waals surface area contributed by atoms with Crippen LogP contribution in [0.1, 0.15) is 33.6 Å². The predicted octanol–water partition coefficient (Wildman–Crippen LogP) is 1.51. The fourth-order valence-corrected chi connectivity index (χ4v) is 2.26. The van der Waals surface area contributed by atoms with Gasteiger partial charge < -0.3 is 14.6 Å². The Hall–Kier alpha value is -1.10. The summed E-state index contributed by atoms with van der Waals surface area (Å²) in [4.78, 5) is 23.9. The van der Waals surface area contributed by atoms with Gasteiger partial charge in [0.15, 0.2) is 0 Å². The van der Waals surface area contributed by atoms with E-state index < -0.39 is 17.2 Å². The van der Waals surface area contributed by atoms with Gasteiger partial charge in [0.25, 0.3) is 0 Å². The van der Waals surface area contributed by atoms with Crippen molar-refractivity contribution in [1.82, 2.24) is 4.90 Å². The molecule has 92 valence electrons. The maximum absolute atomic E-state index is 11.3. The topological polar surface area (TPSA) is 66.8 Å². The van der Waals surface area contributed by atoms with E-state index in [4.69, 9.17) is 4.74 Å². The lowest BCUT2D eigenvalue weighted by Gasteiger charge is -2.47. The molecule has 1 heterocycles. The molecule has 5 nitrogen and oxygen atoms in total. The van der Waals surface area contributed by atoms with Crippen molar-refractivity contribution in [3.8, 4) is 0 Å². The van der Waals surface area contributed by atoms with Crippen LogP contribution in [-0.4, -0.2) is 46.7 Å². The second-order valence-corrected chi connectivity index (χ2v) is 5.12. The van der Waals surface area contributed by atoms with Gasteiger partial charge in [0.1, 0.15) is 11.8 Å². The Balaban J connectivity index is 3.07. The van der Waals surface area contributed by atoms with Gasteiger partial charge in [-0.3, -0.25) is 4.90 Å². The van der Waals surface area contributed by atoms with Crippen molar-refractivity contribution in [2.75, 3.05) is 13.2 Å². The number of amides is 1. The van der Waals surface area contributed by atoms with Crippen molar-refractivity contribution in [1.29, 1.82) is 0 Å². The number of carboxylic acid groups (broad SMARTS) is 1. The minimum atomic E-state index is -1.05. The Labute approximate surface area is 95.4 Å². The van der Waals surface area contributed by atoms with Crippen LogP contribution in [0.3, 0.4) is 0 Å². The summed E-state index contributed by atoms with van der Waals surface area (Å²) in [5.41, 5.74) is -1.52. The zero-order valence-corrected chi connectivity index (χ0v) is 10.0. The monoisotopic (exact) mass is 229 g/mol. The molecule has 1 amide bonds. The molecule has 1 N–H and O–H groups in total. The van der Waals surface area contributed by atoms with Crippen LogP contribution < -0.4 is 0 Å². The first-order chi connectivity index (χ1) is 7.33. The summed E-state index contributed by atoms with van der Waals surface area (Å²) in [6.07, 6.45) is 0.566. The maximum Gasteiger partial charge on any atom is 0.408 e. The molecule has 1 saturated heterocycles. The van der Waals surface area contributed by atoms with Crippen LogP contribution in [0.2, 0.25) is 0 Å². The molecule has 0 spiro atoms. The van der Waals surface area contributed by atoms with E-state index in [0.29, 0.717) is 26.1 Å². The molecular weight excluding hydrogens is 210 g/mol.